The molecule has 0 bridgehead atoms. The summed E-state index contributed by atoms with van der Waals surface area (Å²) in [7, 11) is 0. The summed E-state index contributed by atoms with van der Waals surface area (Å²) in [6.45, 7) is 12.7. The Labute approximate surface area is 228 Å². The van der Waals surface area contributed by atoms with Crippen molar-refractivity contribution in [2.24, 2.45) is 0 Å². The minimum Gasteiger partial charge on any atom is -0.507 e. The average molecular weight is 527 g/mol. The summed E-state index contributed by atoms with van der Waals surface area (Å²) in [5.41, 5.74) is 0.833. The van der Waals surface area contributed by atoms with E-state index < -0.39 is 5.60 Å². The minimum atomic E-state index is -0.668. The summed E-state index contributed by atoms with van der Waals surface area (Å²) in [6.07, 6.45) is 5.77. The molecule has 1 fully saturated rings. The van der Waals surface area contributed by atoms with Gasteiger partial charge in [-0.3, -0.25) is 9.69 Å². The Kier molecular flexibility index (Phi) is 7.61. The number of hydrogen-bond acceptors (Lipinski definition) is 7. The smallest absolute Gasteiger partial charge is 0.205 e. The van der Waals surface area contributed by atoms with Crippen molar-refractivity contribution in [3.63, 3.8) is 0 Å². The standard InChI is InChI=1S/C32H34N2O5/c1-4-32(2,3)39-27-16-15-24-29(36)28-25(35)13-10-14-26(28)38-30(24)31(27)37-22-9-8-17-33-18-20-34(21-19-33)23-11-6-5-7-12-23/h4-16,35H,1,17-22H2,2-3H3/b9-8+. The second kappa shape index (κ2) is 11.3. The van der Waals surface area contributed by atoms with Gasteiger partial charge < -0.3 is 23.9 Å². The van der Waals surface area contributed by atoms with Crippen LogP contribution in [0, 0.1) is 0 Å². The van der Waals surface area contributed by atoms with E-state index in [4.69, 9.17) is 13.9 Å². The first kappa shape index (κ1) is 26.4. The third-order valence-electron chi connectivity index (χ3n) is 6.98. The lowest BCUT2D eigenvalue weighted by Gasteiger charge is -2.35. The van der Waals surface area contributed by atoms with E-state index in [1.165, 1.54) is 11.8 Å². The predicted molar refractivity (Wildman–Crippen MR) is 156 cm³/mol. The Morgan fingerprint density at radius 1 is 1.00 bits per heavy atom. The number of benzene rings is 3. The summed E-state index contributed by atoms with van der Waals surface area (Å²) < 4.78 is 18.4. The molecule has 39 heavy (non-hydrogen) atoms. The van der Waals surface area contributed by atoms with Gasteiger partial charge >= 0.3 is 0 Å². The molecule has 1 aliphatic heterocycles. The lowest BCUT2D eigenvalue weighted by molar-refractivity contribution is 0.154. The first-order valence-electron chi connectivity index (χ1n) is 13.2. The van der Waals surface area contributed by atoms with Crippen LogP contribution in [0.2, 0.25) is 0 Å². The molecular weight excluding hydrogens is 492 g/mol. The molecule has 0 amide bonds. The van der Waals surface area contributed by atoms with E-state index in [1.54, 1.807) is 30.3 Å². The fourth-order valence-electron chi connectivity index (χ4n) is 4.69. The highest BCUT2D eigenvalue weighted by molar-refractivity contribution is 5.96. The van der Waals surface area contributed by atoms with Crippen molar-refractivity contribution in [2.45, 2.75) is 19.4 Å². The quantitative estimate of drug-likeness (QED) is 0.220. The molecule has 202 valence electrons. The van der Waals surface area contributed by atoms with Crippen molar-refractivity contribution in [1.29, 1.82) is 0 Å². The van der Waals surface area contributed by atoms with E-state index in [0.717, 1.165) is 32.7 Å². The molecule has 1 N–H and O–H groups in total. The van der Waals surface area contributed by atoms with E-state index in [-0.39, 0.29) is 34.3 Å². The summed E-state index contributed by atoms with van der Waals surface area (Å²) in [5, 5.41) is 10.7. The number of aromatic hydroxyl groups is 1. The molecule has 7 heteroatoms. The lowest BCUT2D eigenvalue weighted by Crippen LogP contribution is -2.46. The Morgan fingerprint density at radius 3 is 2.51 bits per heavy atom. The third-order valence-corrected chi connectivity index (χ3v) is 6.98. The van der Waals surface area contributed by atoms with Crippen molar-refractivity contribution >= 4 is 27.6 Å². The maximum absolute atomic E-state index is 13.2. The minimum absolute atomic E-state index is 0.119. The summed E-state index contributed by atoms with van der Waals surface area (Å²) in [5.74, 6) is 0.664. The number of nitrogens with zero attached hydrogens (tertiary/aromatic N) is 2. The van der Waals surface area contributed by atoms with Gasteiger partial charge in [0.2, 0.25) is 11.2 Å². The van der Waals surface area contributed by atoms with Crippen LogP contribution in [0.4, 0.5) is 5.69 Å². The van der Waals surface area contributed by atoms with E-state index >= 15 is 0 Å². The number of para-hydroxylation sites is 1. The first-order valence-corrected chi connectivity index (χ1v) is 13.2. The highest BCUT2D eigenvalue weighted by Gasteiger charge is 2.23. The molecule has 1 aromatic heterocycles. The highest BCUT2D eigenvalue weighted by Crippen LogP contribution is 2.39. The van der Waals surface area contributed by atoms with Crippen molar-refractivity contribution in [1.82, 2.24) is 4.90 Å². The predicted octanol–water partition coefficient (Wildman–Crippen LogP) is 5.75. The van der Waals surface area contributed by atoms with Crippen LogP contribution in [0.3, 0.4) is 0 Å². The third kappa shape index (κ3) is 5.78. The second-order valence-corrected chi connectivity index (χ2v) is 10.2. The van der Waals surface area contributed by atoms with Crippen LogP contribution in [0.15, 0.2) is 94.7 Å². The average Bonchev–Trinajstić information content (AvgIpc) is 2.94. The molecule has 1 aliphatic rings. The molecule has 5 rings (SSSR count). The zero-order valence-corrected chi connectivity index (χ0v) is 22.4. The molecule has 3 aromatic carbocycles. The Bertz CT molecular complexity index is 1550. The molecule has 0 spiro atoms. The van der Waals surface area contributed by atoms with E-state index in [1.807, 2.05) is 26.0 Å². The van der Waals surface area contributed by atoms with Gasteiger partial charge in [-0.2, -0.15) is 0 Å². The lowest BCUT2D eigenvalue weighted by atomic mass is 10.1. The van der Waals surface area contributed by atoms with Gasteiger partial charge in [-0.05, 0) is 56.3 Å². The number of rotatable bonds is 9. The van der Waals surface area contributed by atoms with Crippen molar-refractivity contribution < 1.29 is 19.0 Å². The largest absolute Gasteiger partial charge is 0.507 e. The second-order valence-electron chi connectivity index (χ2n) is 10.2. The Hall–Kier alpha value is -4.23. The van der Waals surface area contributed by atoms with E-state index in [2.05, 4.69) is 46.7 Å². The number of hydrogen-bond donors (Lipinski definition) is 1. The van der Waals surface area contributed by atoms with Crippen molar-refractivity contribution in [3.05, 3.63) is 95.7 Å². The van der Waals surface area contributed by atoms with Gasteiger partial charge in [0.1, 0.15) is 28.9 Å². The normalized spacial score (nSPS) is 14.8. The maximum Gasteiger partial charge on any atom is 0.205 e. The molecule has 0 aliphatic carbocycles. The zero-order chi connectivity index (χ0) is 27.4. The fraction of sp³-hybridized carbons (Fsp3) is 0.281. The molecule has 0 atom stereocenters. The number of phenols is 1. The van der Waals surface area contributed by atoms with Gasteiger partial charge in [-0.1, -0.05) is 43.0 Å². The van der Waals surface area contributed by atoms with E-state index in [9.17, 15) is 9.90 Å². The van der Waals surface area contributed by atoms with Gasteiger partial charge in [0.05, 0.1) is 5.39 Å². The van der Waals surface area contributed by atoms with Crippen LogP contribution in [-0.4, -0.2) is 54.9 Å². The monoisotopic (exact) mass is 526 g/mol. The number of fused-ring (bicyclic) bond motifs is 2. The maximum atomic E-state index is 13.2. The molecule has 7 nitrogen and oxygen atoms in total. The highest BCUT2D eigenvalue weighted by atomic mass is 16.5. The molecular formula is C32H34N2O5. The van der Waals surface area contributed by atoms with Crippen LogP contribution in [0.1, 0.15) is 13.8 Å². The van der Waals surface area contributed by atoms with E-state index in [0.29, 0.717) is 16.9 Å². The van der Waals surface area contributed by atoms with Crippen molar-refractivity contribution in [3.8, 4) is 17.2 Å². The topological polar surface area (TPSA) is 75.4 Å². The SMILES string of the molecule is C=CC(C)(C)Oc1ccc2c(=O)c3c(O)cccc3oc2c1OC/C=C/CN1CCN(c2ccccc2)CC1. The van der Waals surface area contributed by atoms with Gasteiger partial charge in [0.15, 0.2) is 11.3 Å². The first-order chi connectivity index (χ1) is 18.9. The van der Waals surface area contributed by atoms with Crippen LogP contribution in [0.5, 0.6) is 17.2 Å². The van der Waals surface area contributed by atoms with Gasteiger partial charge in [0.25, 0.3) is 0 Å². The Morgan fingerprint density at radius 2 is 1.77 bits per heavy atom. The van der Waals surface area contributed by atoms with Crippen LogP contribution in [-0.2, 0) is 0 Å². The van der Waals surface area contributed by atoms with Gasteiger partial charge in [0, 0.05) is 38.4 Å². The van der Waals surface area contributed by atoms with Gasteiger partial charge in [-0.15, -0.1) is 0 Å². The number of phenolic OH excluding ortho intramolecular Hbond substituents is 1. The number of ether oxygens (including phenoxy) is 2. The van der Waals surface area contributed by atoms with Crippen LogP contribution in [0.25, 0.3) is 21.9 Å². The van der Waals surface area contributed by atoms with Crippen molar-refractivity contribution in [2.75, 3.05) is 44.2 Å². The number of anilines is 1. The molecule has 0 saturated carbocycles. The summed E-state index contributed by atoms with van der Waals surface area (Å²) in [4.78, 5) is 18.0. The fourth-order valence-corrected chi connectivity index (χ4v) is 4.69. The molecule has 0 radical (unpaired) electrons. The summed E-state index contributed by atoms with van der Waals surface area (Å²) in [6, 6.07) is 18.6. The van der Waals surface area contributed by atoms with Crippen LogP contribution < -0.4 is 19.8 Å². The number of piperazine rings is 1. The molecule has 0 unspecified atom stereocenters. The molecule has 4 aromatic rings. The van der Waals surface area contributed by atoms with Crippen LogP contribution >= 0.6 is 0 Å². The zero-order valence-electron chi connectivity index (χ0n) is 22.4. The Balaban J connectivity index is 1.32. The molecule has 1 saturated heterocycles. The summed E-state index contributed by atoms with van der Waals surface area (Å²) >= 11 is 0. The van der Waals surface area contributed by atoms with Gasteiger partial charge in [-0.25, -0.2) is 0 Å². The molecule has 2 heterocycles.